The second-order valence-electron chi connectivity index (χ2n) is 7.08. The molecule has 0 fully saturated rings. The highest BCUT2D eigenvalue weighted by Crippen LogP contribution is 2.30. The maximum Gasteiger partial charge on any atom is 0.0483 e. The van der Waals surface area contributed by atoms with Crippen LogP contribution in [0, 0.1) is 0 Å². The van der Waals surface area contributed by atoms with Gasteiger partial charge in [-0.05, 0) is 54.5 Å². The largest absolute Gasteiger partial charge is 0.347 e. The molecule has 116 valence electrons. The van der Waals surface area contributed by atoms with Gasteiger partial charge >= 0.3 is 0 Å². The number of hydrogen-bond donors (Lipinski definition) is 1. The minimum Gasteiger partial charge on any atom is -0.347 e. The number of fused-ring (bicyclic) bond motifs is 1. The summed E-state index contributed by atoms with van der Waals surface area (Å²) in [5, 5.41) is 1.44. The monoisotopic (exact) mass is 286 g/mol. The normalized spacial score (nSPS) is 12.2. The highest BCUT2D eigenvalue weighted by atomic mass is 15.0. The molecule has 1 aromatic heterocycles. The van der Waals surface area contributed by atoms with Crippen LogP contribution >= 0.6 is 0 Å². The van der Waals surface area contributed by atoms with Crippen molar-refractivity contribution in [3.8, 4) is 0 Å². The lowest BCUT2D eigenvalue weighted by Gasteiger charge is -2.19. The quantitative estimate of drug-likeness (QED) is 0.824. The maximum atomic E-state index is 5.68. The molecule has 0 saturated carbocycles. The van der Waals surface area contributed by atoms with Crippen LogP contribution in [0.5, 0.6) is 0 Å². The Labute approximate surface area is 129 Å². The van der Waals surface area contributed by atoms with Gasteiger partial charge in [0, 0.05) is 23.6 Å². The van der Waals surface area contributed by atoms with Crippen molar-refractivity contribution in [3.63, 3.8) is 0 Å². The van der Waals surface area contributed by atoms with Gasteiger partial charge in [-0.1, -0.05) is 40.2 Å². The number of benzene rings is 1. The van der Waals surface area contributed by atoms with E-state index in [1.807, 2.05) is 0 Å². The van der Waals surface area contributed by atoms with E-state index >= 15 is 0 Å². The van der Waals surface area contributed by atoms with E-state index in [1.54, 1.807) is 0 Å². The van der Waals surface area contributed by atoms with Crippen LogP contribution in [0.15, 0.2) is 24.4 Å². The second-order valence-corrected chi connectivity index (χ2v) is 7.08. The zero-order chi connectivity index (χ0) is 15.5. The Morgan fingerprint density at radius 3 is 2.52 bits per heavy atom. The predicted molar refractivity (Wildman–Crippen MR) is 92.9 cm³/mol. The van der Waals surface area contributed by atoms with Crippen molar-refractivity contribution in [1.29, 1.82) is 0 Å². The van der Waals surface area contributed by atoms with Crippen LogP contribution in [0.1, 0.15) is 58.1 Å². The number of rotatable bonds is 6. The molecule has 1 aromatic carbocycles. The molecule has 0 amide bonds. The zero-order valence-electron chi connectivity index (χ0n) is 14.1. The summed E-state index contributed by atoms with van der Waals surface area (Å²) < 4.78 is 2.39. The van der Waals surface area contributed by atoms with E-state index in [2.05, 4.69) is 56.7 Å². The fraction of sp³-hybridized carbons (Fsp3) is 0.579. The highest BCUT2D eigenvalue weighted by molar-refractivity contribution is 5.85. The molecule has 0 aliphatic rings. The summed E-state index contributed by atoms with van der Waals surface area (Å²) in [5.41, 5.74) is 10.2. The van der Waals surface area contributed by atoms with Crippen molar-refractivity contribution < 1.29 is 0 Å². The number of hydrogen-bond acceptors (Lipinski definition) is 1. The summed E-state index contributed by atoms with van der Waals surface area (Å²) in [6.07, 6.45) is 7.07. The van der Waals surface area contributed by atoms with Gasteiger partial charge in [0.1, 0.15) is 0 Å². The molecule has 0 aliphatic heterocycles. The van der Waals surface area contributed by atoms with Gasteiger partial charge in [-0.2, -0.15) is 0 Å². The Kier molecular flexibility index (Phi) is 5.10. The van der Waals surface area contributed by atoms with Crippen LogP contribution in [0.25, 0.3) is 10.9 Å². The van der Waals surface area contributed by atoms with Gasteiger partial charge in [0.2, 0.25) is 0 Å². The van der Waals surface area contributed by atoms with Crippen molar-refractivity contribution >= 4 is 10.9 Å². The molecule has 0 unspecified atom stereocenters. The molecule has 2 heteroatoms. The molecule has 0 saturated heterocycles. The molecule has 2 rings (SSSR count). The molecule has 0 atom stereocenters. The number of nitrogens with zero attached hydrogens (tertiary/aromatic N) is 1. The van der Waals surface area contributed by atoms with Crippen LogP contribution in [0.4, 0.5) is 0 Å². The Hall–Kier alpha value is -1.28. The first-order valence-electron chi connectivity index (χ1n) is 8.29. The van der Waals surface area contributed by atoms with E-state index in [4.69, 9.17) is 5.73 Å². The fourth-order valence-corrected chi connectivity index (χ4v) is 2.85. The Bertz CT molecular complexity index is 587. The second kappa shape index (κ2) is 6.65. The molecule has 0 bridgehead atoms. The molecule has 0 radical (unpaired) electrons. The smallest absolute Gasteiger partial charge is 0.0483 e. The summed E-state index contributed by atoms with van der Waals surface area (Å²) in [5.74, 6) is 0. The first-order chi connectivity index (χ1) is 9.97. The van der Waals surface area contributed by atoms with Crippen molar-refractivity contribution in [2.24, 2.45) is 5.73 Å². The molecule has 0 spiro atoms. The van der Waals surface area contributed by atoms with Crippen LogP contribution in [-0.4, -0.2) is 11.1 Å². The van der Waals surface area contributed by atoms with E-state index in [-0.39, 0.29) is 5.41 Å². The standard InChI is InChI=1S/C19H30N2/c1-5-6-8-15-14-21(12-7-11-20)18-10-9-16(13-17(15)18)19(2,3)4/h9-10,13-14H,5-8,11-12,20H2,1-4H3. The van der Waals surface area contributed by atoms with Crippen molar-refractivity contribution in [3.05, 3.63) is 35.5 Å². The number of unbranched alkanes of at least 4 members (excludes halogenated alkanes) is 1. The summed E-state index contributed by atoms with van der Waals surface area (Å²) in [6.45, 7) is 10.9. The Balaban J connectivity index is 2.47. The van der Waals surface area contributed by atoms with Crippen molar-refractivity contribution in [1.82, 2.24) is 4.57 Å². The number of aromatic nitrogens is 1. The first kappa shape index (κ1) is 16.1. The summed E-state index contributed by atoms with van der Waals surface area (Å²) in [6, 6.07) is 6.98. The number of nitrogens with two attached hydrogens (primary N) is 1. The minimum absolute atomic E-state index is 0.204. The van der Waals surface area contributed by atoms with Gasteiger partial charge < -0.3 is 10.3 Å². The average Bonchev–Trinajstić information content (AvgIpc) is 2.79. The Morgan fingerprint density at radius 1 is 1.14 bits per heavy atom. The molecule has 1 heterocycles. The highest BCUT2D eigenvalue weighted by Gasteiger charge is 2.16. The average molecular weight is 286 g/mol. The van der Waals surface area contributed by atoms with Crippen LogP contribution in [0.3, 0.4) is 0 Å². The topological polar surface area (TPSA) is 30.9 Å². The van der Waals surface area contributed by atoms with Crippen molar-refractivity contribution in [2.45, 2.75) is 65.3 Å². The van der Waals surface area contributed by atoms with E-state index in [0.29, 0.717) is 0 Å². The van der Waals surface area contributed by atoms with E-state index < -0.39 is 0 Å². The van der Waals surface area contributed by atoms with Gasteiger partial charge in [-0.3, -0.25) is 0 Å². The van der Waals surface area contributed by atoms with Gasteiger partial charge in [-0.15, -0.1) is 0 Å². The SMILES string of the molecule is CCCCc1cn(CCCN)c2ccc(C(C)(C)C)cc12. The molecule has 2 nitrogen and oxygen atoms in total. The third kappa shape index (κ3) is 3.68. The summed E-state index contributed by atoms with van der Waals surface area (Å²) in [7, 11) is 0. The van der Waals surface area contributed by atoms with Crippen LogP contribution in [-0.2, 0) is 18.4 Å². The van der Waals surface area contributed by atoms with Crippen molar-refractivity contribution in [2.75, 3.05) is 6.54 Å². The zero-order valence-corrected chi connectivity index (χ0v) is 14.1. The first-order valence-corrected chi connectivity index (χ1v) is 8.29. The predicted octanol–water partition coefficient (Wildman–Crippen LogP) is 4.63. The van der Waals surface area contributed by atoms with Gasteiger partial charge in [0.25, 0.3) is 0 Å². The molecule has 2 N–H and O–H groups in total. The molecule has 0 aliphatic carbocycles. The minimum atomic E-state index is 0.204. The molecular weight excluding hydrogens is 256 g/mol. The summed E-state index contributed by atoms with van der Waals surface area (Å²) in [4.78, 5) is 0. The maximum absolute atomic E-state index is 5.68. The summed E-state index contributed by atoms with van der Waals surface area (Å²) >= 11 is 0. The molecular formula is C19H30N2. The lowest BCUT2D eigenvalue weighted by atomic mass is 9.86. The van der Waals surface area contributed by atoms with Gasteiger partial charge in [0.15, 0.2) is 0 Å². The van der Waals surface area contributed by atoms with Crippen LogP contribution < -0.4 is 5.73 Å². The number of aryl methyl sites for hydroxylation is 2. The molecule has 2 aromatic rings. The van der Waals surface area contributed by atoms with E-state index in [0.717, 1.165) is 19.5 Å². The third-order valence-electron chi connectivity index (χ3n) is 4.23. The fourth-order valence-electron chi connectivity index (χ4n) is 2.85. The lowest BCUT2D eigenvalue weighted by Crippen LogP contribution is -2.10. The lowest BCUT2D eigenvalue weighted by molar-refractivity contribution is 0.591. The van der Waals surface area contributed by atoms with E-state index in [9.17, 15) is 0 Å². The van der Waals surface area contributed by atoms with Gasteiger partial charge in [0.05, 0.1) is 0 Å². The third-order valence-corrected chi connectivity index (χ3v) is 4.23. The molecule has 21 heavy (non-hydrogen) atoms. The Morgan fingerprint density at radius 2 is 1.90 bits per heavy atom. The van der Waals surface area contributed by atoms with Crippen LogP contribution in [0.2, 0.25) is 0 Å². The van der Waals surface area contributed by atoms with Gasteiger partial charge in [-0.25, -0.2) is 0 Å². The van der Waals surface area contributed by atoms with E-state index in [1.165, 1.54) is 41.3 Å².